The summed E-state index contributed by atoms with van der Waals surface area (Å²) in [4.78, 5) is 0. The van der Waals surface area contributed by atoms with E-state index < -0.39 is 0 Å². The maximum atomic E-state index is 8.16. The van der Waals surface area contributed by atoms with E-state index in [9.17, 15) is 0 Å². The molecule has 1 unspecified atom stereocenters. The van der Waals surface area contributed by atoms with Crippen molar-refractivity contribution >= 4 is 0 Å². The van der Waals surface area contributed by atoms with Gasteiger partial charge in [-0.15, -0.1) is 0 Å². The van der Waals surface area contributed by atoms with E-state index in [1.54, 1.807) is 6.26 Å². The van der Waals surface area contributed by atoms with Crippen LogP contribution in [-0.4, -0.2) is 12.6 Å². The Labute approximate surface area is 60.3 Å². The lowest BCUT2D eigenvalue weighted by molar-refractivity contribution is 0.126. The van der Waals surface area contributed by atoms with Crippen LogP contribution in [0.15, 0.2) is 12.3 Å². The highest BCUT2D eigenvalue weighted by Gasteiger charge is 2.08. The molecule has 54 valence electrons. The van der Waals surface area contributed by atoms with Gasteiger partial charge in [0.25, 0.3) is 0 Å². The van der Waals surface area contributed by atoms with Gasteiger partial charge in [-0.2, -0.15) is 5.26 Å². The van der Waals surface area contributed by atoms with Crippen LogP contribution in [0.1, 0.15) is 12.8 Å². The van der Waals surface area contributed by atoms with Crippen molar-refractivity contribution < 1.29 is 4.74 Å². The molecule has 3 nitrogen and oxygen atoms in total. The van der Waals surface area contributed by atoms with Crippen molar-refractivity contribution in [2.45, 2.75) is 18.9 Å². The summed E-state index contributed by atoms with van der Waals surface area (Å²) in [6.45, 7) is 0.626. The fourth-order valence-electron chi connectivity index (χ4n) is 0.895. The van der Waals surface area contributed by atoms with Crippen LogP contribution in [0, 0.1) is 11.5 Å². The molecule has 1 atom stereocenters. The zero-order chi connectivity index (χ0) is 7.23. The average Bonchev–Trinajstić information content (AvgIpc) is 2.03. The van der Waals surface area contributed by atoms with Gasteiger partial charge in [-0.25, -0.2) is 0 Å². The van der Waals surface area contributed by atoms with Crippen LogP contribution in [0.5, 0.6) is 0 Å². The second-order valence-electron chi connectivity index (χ2n) is 2.20. The van der Waals surface area contributed by atoms with Crippen molar-refractivity contribution in [1.82, 2.24) is 5.32 Å². The molecule has 0 fully saturated rings. The third kappa shape index (κ3) is 1.98. The molecule has 0 aromatic carbocycles. The third-order valence-corrected chi connectivity index (χ3v) is 1.43. The van der Waals surface area contributed by atoms with E-state index >= 15 is 0 Å². The standard InChI is InChI=1S/C7H10N2O/c8-6-9-5-7-3-1-2-4-10-7/h2,4,7,9H,1,3,5H2. The molecule has 0 bridgehead atoms. The van der Waals surface area contributed by atoms with Gasteiger partial charge in [0.15, 0.2) is 6.19 Å². The molecule has 0 aromatic heterocycles. The summed E-state index contributed by atoms with van der Waals surface area (Å²) in [5.74, 6) is 0. The maximum Gasteiger partial charge on any atom is 0.176 e. The van der Waals surface area contributed by atoms with Crippen molar-refractivity contribution in [3.63, 3.8) is 0 Å². The quantitative estimate of drug-likeness (QED) is 0.452. The van der Waals surface area contributed by atoms with E-state index in [1.807, 2.05) is 12.3 Å². The Balaban J connectivity index is 2.17. The van der Waals surface area contributed by atoms with E-state index in [-0.39, 0.29) is 6.10 Å². The highest BCUT2D eigenvalue weighted by Crippen LogP contribution is 2.08. The Morgan fingerprint density at radius 2 is 2.70 bits per heavy atom. The summed E-state index contributed by atoms with van der Waals surface area (Å²) in [5, 5.41) is 10.7. The Morgan fingerprint density at radius 3 is 3.30 bits per heavy atom. The second kappa shape index (κ2) is 3.78. The molecule has 0 spiro atoms. The topological polar surface area (TPSA) is 45.0 Å². The van der Waals surface area contributed by atoms with Crippen LogP contribution in [0.25, 0.3) is 0 Å². The van der Waals surface area contributed by atoms with Crippen LogP contribution >= 0.6 is 0 Å². The zero-order valence-corrected chi connectivity index (χ0v) is 5.71. The number of hydrogen-bond acceptors (Lipinski definition) is 3. The molecule has 0 radical (unpaired) electrons. The summed E-state index contributed by atoms with van der Waals surface area (Å²) in [7, 11) is 0. The van der Waals surface area contributed by atoms with E-state index in [4.69, 9.17) is 10.00 Å². The lowest BCUT2D eigenvalue weighted by Crippen LogP contribution is -2.25. The fourth-order valence-corrected chi connectivity index (χ4v) is 0.895. The Kier molecular flexibility index (Phi) is 2.62. The predicted octanol–water partition coefficient (Wildman–Crippen LogP) is 0.750. The summed E-state index contributed by atoms with van der Waals surface area (Å²) in [6.07, 6.45) is 7.79. The Hall–Kier alpha value is -1.17. The predicted molar refractivity (Wildman–Crippen MR) is 36.9 cm³/mol. The van der Waals surface area contributed by atoms with Gasteiger partial charge < -0.3 is 10.1 Å². The fraction of sp³-hybridized carbons (Fsp3) is 0.571. The molecule has 10 heavy (non-hydrogen) atoms. The van der Waals surface area contributed by atoms with Crippen LogP contribution in [0.3, 0.4) is 0 Å². The van der Waals surface area contributed by atoms with E-state index in [0.29, 0.717) is 6.54 Å². The van der Waals surface area contributed by atoms with E-state index in [1.165, 1.54) is 0 Å². The number of hydrogen-bond donors (Lipinski definition) is 1. The number of nitrogens with one attached hydrogen (secondary N) is 1. The maximum absolute atomic E-state index is 8.16. The van der Waals surface area contributed by atoms with Gasteiger partial charge >= 0.3 is 0 Å². The van der Waals surface area contributed by atoms with Gasteiger partial charge in [-0.1, -0.05) is 0 Å². The van der Waals surface area contributed by atoms with Gasteiger partial charge in [-0.3, -0.25) is 0 Å². The van der Waals surface area contributed by atoms with Crippen molar-refractivity contribution in [2.75, 3.05) is 6.54 Å². The minimum atomic E-state index is 0.185. The zero-order valence-electron chi connectivity index (χ0n) is 5.71. The van der Waals surface area contributed by atoms with Gasteiger partial charge in [0, 0.05) is 0 Å². The smallest absolute Gasteiger partial charge is 0.176 e. The van der Waals surface area contributed by atoms with Crippen LogP contribution < -0.4 is 5.32 Å². The molecule has 0 aromatic rings. The van der Waals surface area contributed by atoms with Crippen molar-refractivity contribution in [1.29, 1.82) is 5.26 Å². The molecule has 1 heterocycles. The van der Waals surface area contributed by atoms with Gasteiger partial charge in [-0.05, 0) is 18.9 Å². The van der Waals surface area contributed by atoms with Gasteiger partial charge in [0.1, 0.15) is 6.10 Å². The highest BCUT2D eigenvalue weighted by atomic mass is 16.5. The van der Waals surface area contributed by atoms with Crippen molar-refractivity contribution in [3.05, 3.63) is 12.3 Å². The molecule has 0 aliphatic carbocycles. The SMILES string of the molecule is N#CNCC1CCC=CO1. The Morgan fingerprint density at radius 1 is 1.80 bits per heavy atom. The summed E-state index contributed by atoms with van der Waals surface area (Å²) >= 11 is 0. The minimum Gasteiger partial charge on any atom is -0.496 e. The summed E-state index contributed by atoms with van der Waals surface area (Å²) in [6, 6.07) is 0. The molecule has 1 rings (SSSR count). The van der Waals surface area contributed by atoms with E-state index in [2.05, 4.69) is 5.32 Å². The minimum absolute atomic E-state index is 0.185. The second-order valence-corrected chi connectivity index (χ2v) is 2.20. The molecule has 1 aliphatic heterocycles. The first-order chi connectivity index (χ1) is 4.93. The molecule has 0 saturated carbocycles. The molecule has 3 heteroatoms. The number of nitrogens with zero attached hydrogens (tertiary/aromatic N) is 1. The highest BCUT2D eigenvalue weighted by molar-refractivity contribution is 4.84. The number of allylic oxidation sites excluding steroid dienone is 1. The summed E-state index contributed by atoms with van der Waals surface area (Å²) < 4.78 is 5.19. The molecule has 0 amide bonds. The van der Waals surface area contributed by atoms with E-state index in [0.717, 1.165) is 12.8 Å². The van der Waals surface area contributed by atoms with Crippen LogP contribution in [0.4, 0.5) is 0 Å². The first kappa shape index (κ1) is 6.94. The monoisotopic (exact) mass is 138 g/mol. The third-order valence-electron chi connectivity index (χ3n) is 1.43. The molecule has 1 N–H and O–H groups in total. The van der Waals surface area contributed by atoms with Gasteiger partial charge in [0.05, 0.1) is 12.8 Å². The van der Waals surface area contributed by atoms with Crippen molar-refractivity contribution in [2.24, 2.45) is 0 Å². The first-order valence-electron chi connectivity index (χ1n) is 3.36. The number of nitriles is 1. The normalized spacial score (nSPS) is 22.9. The van der Waals surface area contributed by atoms with Crippen molar-refractivity contribution in [3.8, 4) is 6.19 Å². The van der Waals surface area contributed by atoms with Crippen LogP contribution in [0.2, 0.25) is 0 Å². The largest absolute Gasteiger partial charge is 0.496 e. The molecule has 1 aliphatic rings. The lowest BCUT2D eigenvalue weighted by atomic mass is 10.1. The summed E-state index contributed by atoms with van der Waals surface area (Å²) in [5.41, 5.74) is 0. The molecule has 0 saturated heterocycles. The average molecular weight is 138 g/mol. The molecular formula is C7H10N2O. The van der Waals surface area contributed by atoms with Gasteiger partial charge in [0.2, 0.25) is 0 Å². The molecular weight excluding hydrogens is 128 g/mol. The lowest BCUT2D eigenvalue weighted by Gasteiger charge is -2.17. The first-order valence-corrected chi connectivity index (χ1v) is 3.36. The number of rotatable bonds is 2. The van der Waals surface area contributed by atoms with Crippen LogP contribution in [-0.2, 0) is 4.74 Å². The Bertz CT molecular complexity index is 159. The number of ether oxygens (including phenoxy) is 1.